The number of nitro benzene ring substituents is 1. The number of ether oxygens (including phenoxy) is 2. The molecule has 202 valence electrons. The van der Waals surface area contributed by atoms with Crippen LogP contribution in [0, 0.1) is 15.9 Å². The summed E-state index contributed by atoms with van der Waals surface area (Å²) >= 11 is 0. The normalized spacial score (nSPS) is 11.0. The third-order valence-electron chi connectivity index (χ3n) is 5.76. The number of hydrogen-bond acceptors (Lipinski definition) is 7. The van der Waals surface area contributed by atoms with Gasteiger partial charge in [-0.2, -0.15) is 5.10 Å². The van der Waals surface area contributed by atoms with Crippen LogP contribution in [0.4, 0.5) is 24.5 Å². The molecule has 0 fully saturated rings. The Labute approximate surface area is 223 Å². The van der Waals surface area contributed by atoms with E-state index >= 15 is 0 Å². The maximum absolute atomic E-state index is 13.9. The second-order valence-electron chi connectivity index (χ2n) is 8.37. The highest BCUT2D eigenvalue weighted by molar-refractivity contribution is 6.08. The van der Waals surface area contributed by atoms with Crippen molar-refractivity contribution in [2.45, 2.75) is 6.43 Å². The molecule has 10 nitrogen and oxygen atoms in total. The maximum atomic E-state index is 13.9. The van der Waals surface area contributed by atoms with Crippen molar-refractivity contribution in [3.8, 4) is 28.5 Å². The van der Waals surface area contributed by atoms with Gasteiger partial charge in [0.05, 0.1) is 35.7 Å². The van der Waals surface area contributed by atoms with Crippen LogP contribution in [0.3, 0.4) is 0 Å². The fraction of sp³-hybridized carbons (Fsp3) is 0.0741. The maximum Gasteiger partial charge on any atom is 0.280 e. The van der Waals surface area contributed by atoms with Crippen LogP contribution in [-0.2, 0) is 0 Å². The number of carbonyl (C=O) groups is 1. The molecule has 0 spiro atoms. The minimum Gasteiger partial charge on any atom is -0.497 e. The number of aromatic nitrogens is 3. The van der Waals surface area contributed by atoms with E-state index in [0.29, 0.717) is 17.1 Å². The third kappa shape index (κ3) is 5.38. The SMILES string of the molecule is COc1ccc(Oc2cc(NC(=O)c3cnn4c(C(F)F)cc(-c5ccc(F)cc5)nc34)cc([N+](=O)[O-])c2)cc1. The Bertz CT molecular complexity index is 1720. The van der Waals surface area contributed by atoms with Crippen LogP contribution in [-0.4, -0.2) is 32.5 Å². The lowest BCUT2D eigenvalue weighted by Gasteiger charge is -2.10. The molecule has 0 bridgehead atoms. The summed E-state index contributed by atoms with van der Waals surface area (Å²) in [6.45, 7) is 0. The topological polar surface area (TPSA) is 121 Å². The predicted molar refractivity (Wildman–Crippen MR) is 137 cm³/mol. The van der Waals surface area contributed by atoms with Crippen LogP contribution in [0.25, 0.3) is 16.9 Å². The van der Waals surface area contributed by atoms with Gasteiger partial charge in [-0.15, -0.1) is 0 Å². The summed E-state index contributed by atoms with van der Waals surface area (Å²) in [5, 5.41) is 17.9. The quantitative estimate of drug-likeness (QED) is 0.175. The second kappa shape index (κ2) is 10.7. The van der Waals surface area contributed by atoms with Gasteiger partial charge in [0.1, 0.15) is 34.3 Å². The van der Waals surface area contributed by atoms with E-state index in [1.54, 1.807) is 24.3 Å². The molecule has 2 aromatic heterocycles. The van der Waals surface area contributed by atoms with Crippen molar-refractivity contribution in [1.29, 1.82) is 0 Å². The van der Waals surface area contributed by atoms with Crippen molar-refractivity contribution in [2.24, 2.45) is 0 Å². The van der Waals surface area contributed by atoms with Crippen molar-refractivity contribution in [3.05, 3.63) is 106 Å². The number of nitrogens with zero attached hydrogens (tertiary/aromatic N) is 4. The molecule has 0 aliphatic rings. The average molecular weight is 549 g/mol. The molecule has 0 saturated heterocycles. The van der Waals surface area contributed by atoms with Crippen LogP contribution in [0.5, 0.6) is 17.2 Å². The predicted octanol–water partition coefficient (Wildman–Crippen LogP) is 6.43. The van der Waals surface area contributed by atoms with Crippen molar-refractivity contribution < 1.29 is 32.4 Å². The van der Waals surface area contributed by atoms with Crippen LogP contribution in [0.2, 0.25) is 0 Å². The van der Waals surface area contributed by atoms with E-state index in [-0.39, 0.29) is 34.0 Å². The molecule has 1 amide bonds. The number of carbonyl (C=O) groups excluding carboxylic acids is 1. The number of non-ortho nitro benzene ring substituents is 1. The molecule has 0 unspecified atom stereocenters. The Morgan fingerprint density at radius 1 is 1.00 bits per heavy atom. The van der Waals surface area contributed by atoms with E-state index < -0.39 is 28.8 Å². The number of methoxy groups -OCH3 is 1. The zero-order valence-electron chi connectivity index (χ0n) is 20.5. The number of amides is 1. The van der Waals surface area contributed by atoms with Gasteiger partial charge in [-0.1, -0.05) is 0 Å². The van der Waals surface area contributed by atoms with Crippen molar-refractivity contribution in [2.75, 3.05) is 12.4 Å². The lowest BCUT2D eigenvalue weighted by molar-refractivity contribution is -0.384. The first kappa shape index (κ1) is 26.2. The zero-order chi connectivity index (χ0) is 28.4. The van der Waals surface area contributed by atoms with Crippen LogP contribution in [0.1, 0.15) is 22.5 Å². The summed E-state index contributed by atoms with van der Waals surface area (Å²) in [6, 6.07) is 16.3. The molecule has 0 saturated carbocycles. The number of nitrogens with one attached hydrogen (secondary N) is 1. The van der Waals surface area contributed by atoms with Crippen molar-refractivity contribution >= 4 is 22.9 Å². The molecule has 0 aliphatic heterocycles. The van der Waals surface area contributed by atoms with Crippen molar-refractivity contribution in [1.82, 2.24) is 14.6 Å². The Hall–Kier alpha value is -5.46. The Balaban J connectivity index is 1.50. The van der Waals surface area contributed by atoms with Gasteiger partial charge in [0, 0.05) is 17.7 Å². The van der Waals surface area contributed by atoms with Crippen molar-refractivity contribution in [3.63, 3.8) is 0 Å². The summed E-state index contributed by atoms with van der Waals surface area (Å²) in [4.78, 5) is 28.4. The minimum atomic E-state index is -2.96. The Kier molecular flexibility index (Phi) is 7.01. The number of fused-ring (bicyclic) bond motifs is 1. The van der Waals surface area contributed by atoms with E-state index in [2.05, 4.69) is 15.4 Å². The largest absolute Gasteiger partial charge is 0.497 e. The molecule has 1 N–H and O–H groups in total. The summed E-state index contributed by atoms with van der Waals surface area (Å²) < 4.78 is 52.8. The molecule has 0 aliphatic carbocycles. The molecule has 40 heavy (non-hydrogen) atoms. The monoisotopic (exact) mass is 549 g/mol. The molecule has 5 rings (SSSR count). The minimum absolute atomic E-state index is 0.00540. The highest BCUT2D eigenvalue weighted by Gasteiger charge is 2.22. The zero-order valence-corrected chi connectivity index (χ0v) is 20.5. The van der Waals surface area contributed by atoms with E-state index in [1.165, 1.54) is 31.4 Å². The first-order valence-electron chi connectivity index (χ1n) is 11.6. The summed E-state index contributed by atoms with van der Waals surface area (Å²) in [5.74, 6) is -0.325. The van der Waals surface area contributed by atoms with Gasteiger partial charge in [0.15, 0.2) is 5.65 Å². The third-order valence-corrected chi connectivity index (χ3v) is 5.76. The van der Waals surface area contributed by atoms with Gasteiger partial charge >= 0.3 is 0 Å². The number of halogens is 3. The number of benzene rings is 3. The lowest BCUT2D eigenvalue weighted by atomic mass is 10.1. The molecule has 3 aromatic carbocycles. The first-order valence-corrected chi connectivity index (χ1v) is 11.6. The lowest BCUT2D eigenvalue weighted by Crippen LogP contribution is -2.13. The standard InChI is InChI=1S/C27H18F3N5O5/c1-39-19-6-8-20(9-7-19)40-21-11-17(10-18(12-21)35(37)38)32-27(36)22-14-31-34-24(25(29)30)13-23(33-26(22)34)15-2-4-16(28)5-3-15/h2-14,25H,1H3,(H,32,36). The number of nitro groups is 1. The van der Waals surface area contributed by atoms with Gasteiger partial charge in [-0.25, -0.2) is 22.7 Å². The first-order chi connectivity index (χ1) is 19.2. The molecule has 0 radical (unpaired) electrons. The molecule has 0 atom stereocenters. The van der Waals surface area contributed by atoms with Crippen LogP contribution in [0.15, 0.2) is 79.0 Å². The Morgan fingerprint density at radius 3 is 2.35 bits per heavy atom. The van der Waals surface area contributed by atoms with E-state index in [9.17, 15) is 28.1 Å². The second-order valence-corrected chi connectivity index (χ2v) is 8.37. The van der Waals surface area contributed by atoms with E-state index in [1.807, 2.05) is 0 Å². The fourth-order valence-electron chi connectivity index (χ4n) is 3.87. The van der Waals surface area contributed by atoms with E-state index in [4.69, 9.17) is 9.47 Å². The highest BCUT2D eigenvalue weighted by atomic mass is 19.3. The fourth-order valence-corrected chi connectivity index (χ4v) is 3.87. The van der Waals surface area contributed by atoms with Gasteiger partial charge in [-0.05, 0) is 54.6 Å². The van der Waals surface area contributed by atoms with Gasteiger partial charge in [0.2, 0.25) is 0 Å². The van der Waals surface area contributed by atoms with Crippen LogP contribution >= 0.6 is 0 Å². The smallest absolute Gasteiger partial charge is 0.280 e. The number of hydrogen-bond donors (Lipinski definition) is 1. The molecular weight excluding hydrogens is 531 g/mol. The number of alkyl halides is 2. The highest BCUT2D eigenvalue weighted by Crippen LogP contribution is 2.32. The van der Waals surface area contributed by atoms with E-state index in [0.717, 1.165) is 35.0 Å². The van der Waals surface area contributed by atoms with Gasteiger partial charge in [-0.3, -0.25) is 14.9 Å². The van der Waals surface area contributed by atoms with Gasteiger partial charge in [0.25, 0.3) is 18.0 Å². The molecular formula is C27H18F3N5O5. The average Bonchev–Trinajstić information content (AvgIpc) is 3.37. The molecule has 2 heterocycles. The molecule has 5 aromatic rings. The number of anilines is 1. The van der Waals surface area contributed by atoms with Gasteiger partial charge < -0.3 is 14.8 Å². The summed E-state index contributed by atoms with van der Waals surface area (Å²) in [7, 11) is 1.50. The Morgan fingerprint density at radius 2 is 1.70 bits per heavy atom. The molecule has 13 heteroatoms. The number of rotatable bonds is 8. The van der Waals surface area contributed by atoms with Crippen LogP contribution < -0.4 is 14.8 Å². The summed E-state index contributed by atoms with van der Waals surface area (Å²) in [5.41, 5.74) is -0.831. The summed E-state index contributed by atoms with van der Waals surface area (Å²) in [6.07, 6.45) is -1.90.